The van der Waals surface area contributed by atoms with Gasteiger partial charge in [0, 0.05) is 12.5 Å². The van der Waals surface area contributed by atoms with E-state index in [9.17, 15) is 0 Å². The number of benzene rings is 1. The van der Waals surface area contributed by atoms with Crippen LogP contribution in [0.3, 0.4) is 0 Å². The maximum Gasteiger partial charge on any atom is 0.195 e. The van der Waals surface area contributed by atoms with Crippen molar-refractivity contribution in [1.29, 1.82) is 0 Å². The van der Waals surface area contributed by atoms with Crippen LogP contribution in [0.1, 0.15) is 38.0 Å². The van der Waals surface area contributed by atoms with Gasteiger partial charge >= 0.3 is 0 Å². The Morgan fingerprint density at radius 1 is 1.28 bits per heavy atom. The molecule has 1 aliphatic carbocycles. The Balaban J connectivity index is 1.84. The van der Waals surface area contributed by atoms with E-state index in [1.807, 2.05) is 0 Å². The summed E-state index contributed by atoms with van der Waals surface area (Å²) < 4.78 is 5.76. The molecule has 1 fully saturated rings. The zero-order valence-corrected chi connectivity index (χ0v) is 11.0. The van der Waals surface area contributed by atoms with Crippen molar-refractivity contribution in [2.75, 3.05) is 5.73 Å². The Kier molecular flexibility index (Phi) is 3.16. The van der Waals surface area contributed by atoms with Gasteiger partial charge in [-0.15, -0.1) is 0 Å². The number of hydrogen-bond acceptors (Lipinski definition) is 3. The Morgan fingerprint density at radius 3 is 2.83 bits per heavy atom. The van der Waals surface area contributed by atoms with E-state index >= 15 is 0 Å². The Bertz CT molecular complexity index is 519. The fraction of sp³-hybridized carbons (Fsp3) is 0.500. The van der Waals surface area contributed by atoms with Crippen molar-refractivity contribution >= 4 is 28.4 Å². The first-order valence-corrected chi connectivity index (χ1v) is 6.94. The number of nitrogen functional groups attached to an aromatic ring is 1. The van der Waals surface area contributed by atoms with E-state index in [1.165, 1.54) is 32.1 Å². The molecule has 1 aliphatic rings. The lowest BCUT2D eigenvalue weighted by atomic mass is 9.87. The minimum Gasteiger partial charge on any atom is -0.441 e. The first-order valence-electron chi connectivity index (χ1n) is 6.57. The fourth-order valence-electron chi connectivity index (χ4n) is 2.74. The lowest BCUT2D eigenvalue weighted by Crippen LogP contribution is -2.09. The van der Waals surface area contributed by atoms with Crippen LogP contribution >= 0.6 is 11.6 Å². The van der Waals surface area contributed by atoms with Gasteiger partial charge in [-0.05, 0) is 24.8 Å². The number of anilines is 1. The van der Waals surface area contributed by atoms with Crippen molar-refractivity contribution < 1.29 is 4.42 Å². The summed E-state index contributed by atoms with van der Waals surface area (Å²) in [7, 11) is 0. The topological polar surface area (TPSA) is 52.0 Å². The van der Waals surface area contributed by atoms with Gasteiger partial charge in [0.25, 0.3) is 0 Å². The van der Waals surface area contributed by atoms with Gasteiger partial charge in [-0.25, -0.2) is 4.98 Å². The van der Waals surface area contributed by atoms with E-state index in [2.05, 4.69) is 4.98 Å². The van der Waals surface area contributed by atoms with Crippen LogP contribution < -0.4 is 5.73 Å². The number of nitrogens with zero attached hydrogens (tertiary/aromatic N) is 1. The van der Waals surface area contributed by atoms with E-state index in [-0.39, 0.29) is 0 Å². The van der Waals surface area contributed by atoms with Crippen molar-refractivity contribution in [2.45, 2.75) is 38.5 Å². The van der Waals surface area contributed by atoms with Crippen molar-refractivity contribution in [3.05, 3.63) is 23.0 Å². The second-order valence-electron chi connectivity index (χ2n) is 5.16. The molecule has 0 radical (unpaired) electrons. The molecule has 3 rings (SSSR count). The Morgan fingerprint density at radius 2 is 2.06 bits per heavy atom. The lowest BCUT2D eigenvalue weighted by molar-refractivity contribution is 0.332. The summed E-state index contributed by atoms with van der Waals surface area (Å²) in [4.78, 5) is 4.50. The molecule has 1 heterocycles. The summed E-state index contributed by atoms with van der Waals surface area (Å²) >= 11 is 5.98. The van der Waals surface area contributed by atoms with Gasteiger partial charge in [0.05, 0.1) is 10.7 Å². The smallest absolute Gasteiger partial charge is 0.195 e. The number of oxazole rings is 1. The molecule has 2 N–H and O–H groups in total. The zero-order chi connectivity index (χ0) is 12.5. The lowest BCUT2D eigenvalue weighted by Gasteiger charge is -2.19. The fourth-order valence-corrected chi connectivity index (χ4v) is 2.90. The summed E-state index contributed by atoms with van der Waals surface area (Å²) in [5.41, 5.74) is 7.85. The summed E-state index contributed by atoms with van der Waals surface area (Å²) in [6.07, 6.45) is 7.57. The van der Waals surface area contributed by atoms with Gasteiger partial charge in [-0.1, -0.05) is 30.9 Å². The van der Waals surface area contributed by atoms with E-state index < -0.39 is 0 Å². The van der Waals surface area contributed by atoms with Crippen LogP contribution in [0.5, 0.6) is 0 Å². The number of fused-ring (bicyclic) bond motifs is 1. The maximum atomic E-state index is 5.98. The van der Waals surface area contributed by atoms with Gasteiger partial charge in [-0.3, -0.25) is 0 Å². The average Bonchev–Trinajstić information content (AvgIpc) is 2.72. The minimum absolute atomic E-state index is 0.542. The molecule has 3 nitrogen and oxygen atoms in total. The molecule has 0 unspecified atom stereocenters. The molecule has 1 aromatic heterocycles. The highest BCUT2D eigenvalue weighted by atomic mass is 35.5. The van der Waals surface area contributed by atoms with Crippen LogP contribution in [-0.2, 0) is 6.42 Å². The van der Waals surface area contributed by atoms with Crippen LogP contribution in [0.4, 0.5) is 5.69 Å². The third-order valence-electron chi connectivity index (χ3n) is 3.74. The van der Waals surface area contributed by atoms with Crippen molar-refractivity contribution in [3.63, 3.8) is 0 Å². The molecule has 18 heavy (non-hydrogen) atoms. The zero-order valence-electron chi connectivity index (χ0n) is 10.3. The highest BCUT2D eigenvalue weighted by molar-refractivity contribution is 6.33. The monoisotopic (exact) mass is 264 g/mol. The van der Waals surface area contributed by atoms with Gasteiger partial charge in [0.1, 0.15) is 5.52 Å². The molecule has 0 saturated heterocycles. The van der Waals surface area contributed by atoms with Crippen molar-refractivity contribution in [1.82, 2.24) is 4.98 Å². The van der Waals surface area contributed by atoms with E-state index in [0.29, 0.717) is 10.7 Å². The van der Waals surface area contributed by atoms with Crippen molar-refractivity contribution in [2.24, 2.45) is 5.92 Å². The van der Waals surface area contributed by atoms with Gasteiger partial charge < -0.3 is 10.2 Å². The van der Waals surface area contributed by atoms with Crippen LogP contribution in [0.15, 0.2) is 16.5 Å². The minimum atomic E-state index is 0.542. The molecule has 0 atom stereocenters. The molecular weight excluding hydrogens is 248 g/mol. The summed E-state index contributed by atoms with van der Waals surface area (Å²) in [5.74, 6) is 1.54. The van der Waals surface area contributed by atoms with Gasteiger partial charge in [0.15, 0.2) is 11.5 Å². The Hall–Kier alpha value is -1.22. The van der Waals surface area contributed by atoms with E-state index in [1.54, 1.807) is 12.1 Å². The third kappa shape index (κ3) is 2.32. The molecule has 0 bridgehead atoms. The van der Waals surface area contributed by atoms with Crippen LogP contribution in [0, 0.1) is 5.92 Å². The molecule has 0 amide bonds. The first-order chi connectivity index (χ1) is 8.72. The van der Waals surface area contributed by atoms with Crippen LogP contribution in [0.25, 0.3) is 11.1 Å². The number of hydrogen-bond donors (Lipinski definition) is 1. The molecule has 96 valence electrons. The molecule has 1 saturated carbocycles. The normalized spacial score (nSPS) is 17.4. The SMILES string of the molecule is Nc1cc2oc(CC3CCCCC3)nc2cc1Cl. The number of aromatic nitrogens is 1. The summed E-state index contributed by atoms with van der Waals surface area (Å²) in [6.45, 7) is 0. The standard InChI is InChI=1S/C14H17ClN2O/c15-10-7-12-13(8-11(10)16)18-14(17-12)6-9-4-2-1-3-5-9/h7-9H,1-6,16H2. The van der Waals surface area contributed by atoms with Gasteiger partial charge in [0.2, 0.25) is 0 Å². The Labute approximate surface area is 111 Å². The number of halogens is 1. The summed E-state index contributed by atoms with van der Waals surface area (Å²) in [5, 5.41) is 0.542. The largest absolute Gasteiger partial charge is 0.441 e. The second-order valence-corrected chi connectivity index (χ2v) is 5.56. The molecule has 4 heteroatoms. The number of rotatable bonds is 2. The predicted octanol–water partition coefficient (Wildman–Crippen LogP) is 4.19. The molecule has 1 aromatic carbocycles. The quantitative estimate of drug-likeness (QED) is 0.828. The molecule has 0 spiro atoms. The van der Waals surface area contributed by atoms with E-state index in [4.69, 9.17) is 21.8 Å². The molecule has 2 aromatic rings. The maximum absolute atomic E-state index is 5.98. The number of nitrogens with two attached hydrogens (primary N) is 1. The van der Waals surface area contributed by atoms with E-state index in [0.717, 1.165) is 29.3 Å². The average molecular weight is 265 g/mol. The third-order valence-corrected chi connectivity index (χ3v) is 4.07. The van der Waals surface area contributed by atoms with Crippen molar-refractivity contribution in [3.8, 4) is 0 Å². The van der Waals surface area contributed by atoms with Gasteiger partial charge in [-0.2, -0.15) is 0 Å². The highest BCUT2D eigenvalue weighted by Gasteiger charge is 2.17. The first kappa shape index (κ1) is 11.8. The highest BCUT2D eigenvalue weighted by Crippen LogP contribution is 2.30. The molecular formula is C14H17ClN2O. The second kappa shape index (κ2) is 4.81. The molecule has 0 aliphatic heterocycles. The summed E-state index contributed by atoms with van der Waals surface area (Å²) in [6, 6.07) is 3.54. The predicted molar refractivity (Wildman–Crippen MR) is 73.7 cm³/mol. The van der Waals surface area contributed by atoms with Crippen LogP contribution in [-0.4, -0.2) is 4.98 Å². The van der Waals surface area contributed by atoms with Crippen LogP contribution in [0.2, 0.25) is 5.02 Å².